The van der Waals surface area contributed by atoms with Crippen LogP contribution in [0.3, 0.4) is 0 Å². The number of para-hydroxylation sites is 1. The van der Waals surface area contributed by atoms with Crippen LogP contribution in [0.5, 0.6) is 0 Å². The van der Waals surface area contributed by atoms with E-state index in [1.807, 2.05) is 54.4 Å². The highest BCUT2D eigenvalue weighted by atomic mass is 35.5. The van der Waals surface area contributed by atoms with Gasteiger partial charge in [0.15, 0.2) is 0 Å². The van der Waals surface area contributed by atoms with Gasteiger partial charge in [-0.3, -0.25) is 4.79 Å². The smallest absolute Gasteiger partial charge is 0.239 e. The topological polar surface area (TPSA) is 41.6 Å². The summed E-state index contributed by atoms with van der Waals surface area (Å²) in [6.45, 7) is 2.36. The highest BCUT2D eigenvalue weighted by Gasteiger charge is 2.34. The van der Waals surface area contributed by atoms with E-state index >= 15 is 0 Å². The molecule has 2 aromatic rings. The van der Waals surface area contributed by atoms with Gasteiger partial charge in [-0.05, 0) is 42.7 Å². The van der Waals surface area contributed by atoms with Crippen molar-refractivity contribution in [3.63, 3.8) is 0 Å². The van der Waals surface area contributed by atoms with E-state index in [9.17, 15) is 4.79 Å². The largest absolute Gasteiger partial charge is 0.381 e. The number of nitrogens with one attached hydrogen (secondary N) is 1. The Morgan fingerprint density at radius 2 is 1.77 bits per heavy atom. The van der Waals surface area contributed by atoms with Crippen LogP contribution in [0.4, 0.5) is 5.69 Å². The van der Waals surface area contributed by atoms with Gasteiger partial charge in [0.25, 0.3) is 0 Å². The van der Waals surface area contributed by atoms with Gasteiger partial charge < -0.3 is 15.0 Å². The molecule has 0 atom stereocenters. The van der Waals surface area contributed by atoms with Gasteiger partial charge in [-0.2, -0.15) is 0 Å². The second kappa shape index (κ2) is 8.56. The summed E-state index contributed by atoms with van der Waals surface area (Å²) >= 11 is 6.04. The Labute approximate surface area is 160 Å². The van der Waals surface area contributed by atoms with Crippen LogP contribution in [0.2, 0.25) is 5.02 Å². The number of rotatable bonds is 6. The van der Waals surface area contributed by atoms with Crippen LogP contribution in [0.15, 0.2) is 54.6 Å². The highest BCUT2D eigenvalue weighted by molar-refractivity contribution is 6.30. The number of benzene rings is 2. The third kappa shape index (κ3) is 4.57. The first-order valence-corrected chi connectivity index (χ1v) is 9.34. The minimum atomic E-state index is -0.0934. The molecule has 5 heteroatoms. The summed E-state index contributed by atoms with van der Waals surface area (Å²) in [6.07, 6.45) is 1.78. The van der Waals surface area contributed by atoms with Gasteiger partial charge in [-0.25, -0.2) is 0 Å². The molecule has 0 radical (unpaired) electrons. The van der Waals surface area contributed by atoms with Gasteiger partial charge in [0.05, 0.1) is 6.54 Å². The molecule has 26 heavy (non-hydrogen) atoms. The summed E-state index contributed by atoms with van der Waals surface area (Å²) in [5.74, 6) is 0.0242. The number of halogens is 1. The molecule has 2 aromatic carbocycles. The first kappa shape index (κ1) is 18.7. The molecule has 1 aliphatic heterocycles. The Balaban J connectivity index is 1.64. The SMILES string of the molecule is CN(CC(=O)NCC1(c2ccc(Cl)cc2)CCOCC1)c1ccccc1. The monoisotopic (exact) mass is 372 g/mol. The maximum absolute atomic E-state index is 12.5. The van der Waals surface area contributed by atoms with Crippen LogP contribution in [0, 0.1) is 0 Å². The zero-order valence-corrected chi connectivity index (χ0v) is 15.8. The predicted molar refractivity (Wildman–Crippen MR) is 106 cm³/mol. The maximum Gasteiger partial charge on any atom is 0.239 e. The van der Waals surface area contributed by atoms with Crippen molar-refractivity contribution in [2.24, 2.45) is 0 Å². The Morgan fingerprint density at radius 1 is 1.12 bits per heavy atom. The summed E-state index contributed by atoms with van der Waals surface area (Å²) in [5.41, 5.74) is 2.15. The molecule has 0 unspecified atom stereocenters. The standard InChI is InChI=1S/C21H25ClN2O2/c1-24(19-5-3-2-4-6-19)15-20(25)23-16-21(11-13-26-14-12-21)17-7-9-18(22)10-8-17/h2-10H,11-16H2,1H3,(H,23,25). The minimum Gasteiger partial charge on any atom is -0.381 e. The van der Waals surface area contributed by atoms with E-state index in [2.05, 4.69) is 17.4 Å². The molecule has 0 saturated carbocycles. The van der Waals surface area contributed by atoms with E-state index in [0.717, 1.165) is 23.6 Å². The molecule has 0 aromatic heterocycles. The minimum absolute atomic E-state index is 0.0242. The number of amides is 1. The van der Waals surface area contributed by atoms with Crippen LogP contribution in [0.25, 0.3) is 0 Å². The van der Waals surface area contributed by atoms with Crippen LogP contribution in [-0.2, 0) is 14.9 Å². The third-order valence-electron chi connectivity index (χ3n) is 5.11. The van der Waals surface area contributed by atoms with Crippen molar-refractivity contribution in [1.29, 1.82) is 0 Å². The molecular formula is C21H25ClN2O2. The van der Waals surface area contributed by atoms with Crippen LogP contribution in [-0.4, -0.2) is 39.3 Å². The lowest BCUT2D eigenvalue weighted by Gasteiger charge is -2.38. The predicted octanol–water partition coefficient (Wildman–Crippen LogP) is 3.64. The number of anilines is 1. The lowest BCUT2D eigenvalue weighted by Crippen LogP contribution is -2.46. The number of likely N-dealkylation sites (N-methyl/N-ethyl adjacent to an activating group) is 1. The van der Waals surface area contributed by atoms with E-state index < -0.39 is 0 Å². The van der Waals surface area contributed by atoms with Gasteiger partial charge in [0.1, 0.15) is 0 Å². The number of nitrogens with zero attached hydrogens (tertiary/aromatic N) is 1. The summed E-state index contributed by atoms with van der Waals surface area (Å²) in [6, 6.07) is 17.9. The van der Waals surface area contributed by atoms with Crippen molar-refractivity contribution in [2.45, 2.75) is 18.3 Å². The number of hydrogen-bond donors (Lipinski definition) is 1. The normalized spacial score (nSPS) is 16.1. The Morgan fingerprint density at radius 3 is 2.42 bits per heavy atom. The molecule has 1 aliphatic rings. The Hall–Kier alpha value is -2.04. The first-order valence-electron chi connectivity index (χ1n) is 8.96. The second-order valence-electron chi connectivity index (χ2n) is 6.87. The van der Waals surface area contributed by atoms with Gasteiger partial charge in [-0.15, -0.1) is 0 Å². The van der Waals surface area contributed by atoms with Crippen LogP contribution in [0.1, 0.15) is 18.4 Å². The molecule has 1 heterocycles. The van der Waals surface area contributed by atoms with Gasteiger partial charge in [0, 0.05) is 42.9 Å². The molecule has 138 valence electrons. The summed E-state index contributed by atoms with van der Waals surface area (Å²) < 4.78 is 5.55. The van der Waals surface area contributed by atoms with Gasteiger partial charge in [0.2, 0.25) is 5.91 Å². The molecule has 1 saturated heterocycles. The van der Waals surface area contributed by atoms with Crippen molar-refractivity contribution in [1.82, 2.24) is 5.32 Å². The fourth-order valence-corrected chi connectivity index (χ4v) is 3.57. The molecule has 0 spiro atoms. The average Bonchev–Trinajstić information content (AvgIpc) is 2.68. The van der Waals surface area contributed by atoms with E-state index in [1.165, 1.54) is 5.56 Å². The summed E-state index contributed by atoms with van der Waals surface area (Å²) in [5, 5.41) is 3.86. The lowest BCUT2D eigenvalue weighted by molar-refractivity contribution is -0.120. The van der Waals surface area contributed by atoms with Crippen molar-refractivity contribution < 1.29 is 9.53 Å². The fourth-order valence-electron chi connectivity index (χ4n) is 3.45. The maximum atomic E-state index is 12.5. The molecule has 1 fully saturated rings. The van der Waals surface area contributed by atoms with E-state index in [4.69, 9.17) is 16.3 Å². The van der Waals surface area contributed by atoms with Crippen LogP contribution < -0.4 is 10.2 Å². The summed E-state index contributed by atoms with van der Waals surface area (Å²) in [4.78, 5) is 14.4. The van der Waals surface area contributed by atoms with E-state index in [-0.39, 0.29) is 11.3 Å². The lowest BCUT2D eigenvalue weighted by atomic mass is 9.74. The van der Waals surface area contributed by atoms with Gasteiger partial charge >= 0.3 is 0 Å². The van der Waals surface area contributed by atoms with E-state index in [0.29, 0.717) is 26.3 Å². The molecule has 1 N–H and O–H groups in total. The quantitative estimate of drug-likeness (QED) is 0.841. The molecular weight excluding hydrogens is 348 g/mol. The van der Waals surface area contributed by atoms with Gasteiger partial charge in [-0.1, -0.05) is 41.9 Å². The Bertz CT molecular complexity index is 713. The summed E-state index contributed by atoms with van der Waals surface area (Å²) in [7, 11) is 1.93. The van der Waals surface area contributed by atoms with E-state index in [1.54, 1.807) is 0 Å². The molecule has 0 aliphatic carbocycles. The number of ether oxygens (including phenoxy) is 1. The Kier molecular flexibility index (Phi) is 6.17. The first-order chi connectivity index (χ1) is 12.6. The zero-order valence-electron chi connectivity index (χ0n) is 15.1. The van der Waals surface area contributed by atoms with Crippen molar-refractivity contribution in [3.8, 4) is 0 Å². The van der Waals surface area contributed by atoms with Crippen LogP contribution >= 0.6 is 11.6 Å². The highest BCUT2D eigenvalue weighted by Crippen LogP contribution is 2.34. The fraction of sp³-hybridized carbons (Fsp3) is 0.381. The number of hydrogen-bond acceptors (Lipinski definition) is 3. The molecule has 4 nitrogen and oxygen atoms in total. The van der Waals surface area contributed by atoms with Crippen molar-refractivity contribution >= 4 is 23.2 Å². The van der Waals surface area contributed by atoms with Crippen molar-refractivity contribution in [2.75, 3.05) is 38.3 Å². The van der Waals surface area contributed by atoms with Crippen molar-refractivity contribution in [3.05, 3.63) is 65.2 Å². The zero-order chi connectivity index (χ0) is 18.4. The molecule has 3 rings (SSSR count). The molecule has 1 amide bonds. The molecule has 0 bridgehead atoms. The number of carbonyl (C=O) groups excluding carboxylic acids is 1. The average molecular weight is 373 g/mol. The third-order valence-corrected chi connectivity index (χ3v) is 5.36. The second-order valence-corrected chi connectivity index (χ2v) is 7.30. The number of carbonyl (C=O) groups is 1.